The van der Waals surface area contributed by atoms with Crippen LogP contribution in [0.5, 0.6) is 0 Å². The van der Waals surface area contributed by atoms with E-state index in [1.165, 1.54) is 45.5 Å². The minimum atomic E-state index is -3.66. The highest BCUT2D eigenvalue weighted by Gasteiger charge is 2.28. The van der Waals surface area contributed by atoms with E-state index in [0.29, 0.717) is 34.9 Å². The fourth-order valence-electron chi connectivity index (χ4n) is 4.26. The second-order valence-electron chi connectivity index (χ2n) is 8.26. The molecule has 0 saturated heterocycles. The first kappa shape index (κ1) is 23.0. The van der Waals surface area contributed by atoms with Gasteiger partial charge in [0.05, 0.1) is 15.1 Å². The van der Waals surface area contributed by atoms with Crippen molar-refractivity contribution in [1.29, 1.82) is 0 Å². The van der Waals surface area contributed by atoms with Gasteiger partial charge in [-0.1, -0.05) is 47.2 Å². The van der Waals surface area contributed by atoms with E-state index in [-0.39, 0.29) is 4.90 Å². The Kier molecular flexibility index (Phi) is 5.93. The number of carbonyl (C=O) groups excluding carboxylic acids is 1. The molecule has 0 spiro atoms. The number of aryl methyl sites for hydroxylation is 2. The molecule has 1 aliphatic heterocycles. The molecule has 0 aliphatic carbocycles. The Balaban J connectivity index is 1.41. The van der Waals surface area contributed by atoms with E-state index >= 15 is 0 Å². The quantitative estimate of drug-likeness (QED) is 0.400. The number of thiazole rings is 1. The van der Waals surface area contributed by atoms with Crippen molar-refractivity contribution in [3.63, 3.8) is 0 Å². The third-order valence-electron chi connectivity index (χ3n) is 6.18. The Labute approximate surface area is 206 Å². The number of halogens is 1. The largest absolute Gasteiger partial charge is 0.319 e. The highest BCUT2D eigenvalue weighted by molar-refractivity contribution is 7.89. The minimum absolute atomic E-state index is 0.168. The number of sulfonamides is 1. The molecular formula is C25H22ClN3O3S2. The number of amides is 1. The van der Waals surface area contributed by atoms with Crippen LogP contribution in [0.25, 0.3) is 10.2 Å². The zero-order valence-electron chi connectivity index (χ0n) is 18.7. The monoisotopic (exact) mass is 511 g/mol. The van der Waals surface area contributed by atoms with Crippen LogP contribution in [0.15, 0.2) is 70.6 Å². The van der Waals surface area contributed by atoms with Crippen LogP contribution in [0.2, 0.25) is 5.02 Å². The second kappa shape index (κ2) is 8.78. The first-order valence-electron chi connectivity index (χ1n) is 10.8. The fraction of sp³-hybridized carbons (Fsp3) is 0.200. The van der Waals surface area contributed by atoms with Gasteiger partial charge in [0.1, 0.15) is 0 Å². The molecule has 0 atom stereocenters. The molecule has 6 nitrogen and oxygen atoms in total. The molecule has 1 amide bonds. The summed E-state index contributed by atoms with van der Waals surface area (Å²) in [7, 11) is -1.81. The molecule has 3 aromatic carbocycles. The third-order valence-corrected chi connectivity index (χ3v) is 9.55. The molecule has 9 heteroatoms. The summed E-state index contributed by atoms with van der Waals surface area (Å²) < 4.78 is 30.7. The van der Waals surface area contributed by atoms with Crippen molar-refractivity contribution >= 4 is 49.1 Å². The average molecular weight is 512 g/mol. The van der Waals surface area contributed by atoms with Crippen molar-refractivity contribution in [3.8, 4) is 0 Å². The molecule has 0 N–H and O–H groups in total. The summed E-state index contributed by atoms with van der Waals surface area (Å²) in [4.78, 5) is 17.8. The molecule has 0 bridgehead atoms. The molecule has 0 unspecified atom stereocenters. The van der Waals surface area contributed by atoms with E-state index in [4.69, 9.17) is 11.6 Å². The Morgan fingerprint density at radius 1 is 1.03 bits per heavy atom. The smallest absolute Gasteiger partial charge is 0.279 e. The molecule has 1 aromatic heterocycles. The molecule has 4 aromatic rings. The van der Waals surface area contributed by atoms with Crippen LogP contribution in [-0.4, -0.2) is 29.7 Å². The Bertz CT molecular complexity index is 1600. The summed E-state index contributed by atoms with van der Waals surface area (Å²) in [5, 5.41) is 0.660. The molecule has 34 heavy (non-hydrogen) atoms. The maximum absolute atomic E-state index is 13.2. The summed E-state index contributed by atoms with van der Waals surface area (Å²) in [6, 6.07) is 17.6. The van der Waals surface area contributed by atoms with E-state index in [1.807, 2.05) is 54.9 Å². The van der Waals surface area contributed by atoms with Crippen molar-refractivity contribution in [2.75, 3.05) is 6.54 Å². The number of hydrogen-bond donors (Lipinski definition) is 0. The van der Waals surface area contributed by atoms with Crippen molar-refractivity contribution in [1.82, 2.24) is 8.87 Å². The Morgan fingerprint density at radius 2 is 1.74 bits per heavy atom. The number of rotatable bonds is 3. The predicted molar refractivity (Wildman–Crippen MR) is 135 cm³/mol. The summed E-state index contributed by atoms with van der Waals surface area (Å²) in [5.41, 5.74) is 4.41. The zero-order valence-corrected chi connectivity index (χ0v) is 21.0. The normalized spacial score (nSPS) is 15.0. The topological polar surface area (TPSA) is 71.7 Å². The molecule has 0 radical (unpaired) electrons. The van der Waals surface area contributed by atoms with Crippen LogP contribution < -0.4 is 4.80 Å². The van der Waals surface area contributed by atoms with Crippen molar-refractivity contribution in [2.45, 2.75) is 24.8 Å². The second-order valence-corrected chi connectivity index (χ2v) is 11.6. The zero-order chi connectivity index (χ0) is 24.0. The van der Waals surface area contributed by atoms with Crippen molar-refractivity contribution in [2.24, 2.45) is 12.0 Å². The number of hydrogen-bond acceptors (Lipinski definition) is 4. The highest BCUT2D eigenvalue weighted by Crippen LogP contribution is 2.27. The summed E-state index contributed by atoms with van der Waals surface area (Å²) in [6.07, 6.45) is 0.682. The maximum atomic E-state index is 13.2. The molecule has 1 aliphatic rings. The van der Waals surface area contributed by atoms with Crippen LogP contribution in [0.4, 0.5) is 0 Å². The number of aromatic nitrogens is 1. The minimum Gasteiger partial charge on any atom is -0.319 e. The standard InChI is InChI=1S/C25H22ClN3O3S2/c1-16-21(26)11-12-22-23(16)28(2)25(33-22)27-24(30)18-7-9-20(10-8-18)34(31,32)29-14-13-17-5-3-4-6-19(17)15-29/h3-12H,13-15H2,1-2H3. The Morgan fingerprint density at radius 3 is 2.47 bits per heavy atom. The maximum Gasteiger partial charge on any atom is 0.279 e. The molecule has 0 fully saturated rings. The molecule has 2 heterocycles. The van der Waals surface area contributed by atoms with Crippen LogP contribution in [-0.2, 0) is 30.0 Å². The number of fused-ring (bicyclic) bond motifs is 2. The van der Waals surface area contributed by atoms with Gasteiger partial charge in [0.15, 0.2) is 4.80 Å². The summed E-state index contributed by atoms with van der Waals surface area (Å²) in [6.45, 7) is 2.71. The van der Waals surface area contributed by atoms with Gasteiger partial charge in [-0.05, 0) is 66.4 Å². The predicted octanol–water partition coefficient (Wildman–Crippen LogP) is 4.69. The van der Waals surface area contributed by atoms with Gasteiger partial charge < -0.3 is 4.57 Å². The molecule has 0 saturated carbocycles. The third kappa shape index (κ3) is 4.01. The number of benzene rings is 3. The highest BCUT2D eigenvalue weighted by atomic mass is 35.5. The van der Waals surface area contributed by atoms with Gasteiger partial charge in [-0.15, -0.1) is 0 Å². The number of nitrogens with zero attached hydrogens (tertiary/aromatic N) is 3. The van der Waals surface area contributed by atoms with Crippen LogP contribution in [0.3, 0.4) is 0 Å². The van der Waals surface area contributed by atoms with Crippen molar-refractivity contribution < 1.29 is 13.2 Å². The molecule has 174 valence electrons. The lowest BCUT2D eigenvalue weighted by molar-refractivity contribution is 0.0998. The first-order chi connectivity index (χ1) is 16.3. The van der Waals surface area contributed by atoms with Crippen LogP contribution in [0, 0.1) is 6.92 Å². The van der Waals surface area contributed by atoms with Crippen LogP contribution in [0.1, 0.15) is 27.0 Å². The van der Waals surface area contributed by atoms with E-state index in [0.717, 1.165) is 21.3 Å². The Hall–Kier alpha value is -2.78. The van der Waals surface area contributed by atoms with Gasteiger partial charge in [-0.3, -0.25) is 4.79 Å². The summed E-state index contributed by atoms with van der Waals surface area (Å²) >= 11 is 7.65. The van der Waals surface area contributed by atoms with Gasteiger partial charge in [0, 0.05) is 30.7 Å². The van der Waals surface area contributed by atoms with Gasteiger partial charge in [0.25, 0.3) is 5.91 Å². The van der Waals surface area contributed by atoms with E-state index in [1.54, 1.807) is 0 Å². The lowest BCUT2D eigenvalue weighted by Gasteiger charge is -2.28. The average Bonchev–Trinajstić information content (AvgIpc) is 3.16. The van der Waals surface area contributed by atoms with E-state index in [2.05, 4.69) is 4.99 Å². The SMILES string of the molecule is Cc1c(Cl)ccc2sc(=NC(=O)c3ccc(S(=O)(=O)N4CCc5ccccc5C4)cc3)n(C)c12. The molecular weight excluding hydrogens is 490 g/mol. The lowest BCUT2D eigenvalue weighted by Crippen LogP contribution is -2.35. The van der Waals surface area contributed by atoms with Crippen LogP contribution >= 0.6 is 22.9 Å². The van der Waals surface area contributed by atoms with Gasteiger partial charge in [-0.25, -0.2) is 8.42 Å². The van der Waals surface area contributed by atoms with E-state index in [9.17, 15) is 13.2 Å². The van der Waals surface area contributed by atoms with Gasteiger partial charge in [0.2, 0.25) is 10.0 Å². The van der Waals surface area contributed by atoms with Gasteiger partial charge >= 0.3 is 0 Å². The first-order valence-corrected chi connectivity index (χ1v) is 13.4. The fourth-order valence-corrected chi connectivity index (χ4v) is 6.90. The van der Waals surface area contributed by atoms with Gasteiger partial charge in [-0.2, -0.15) is 9.30 Å². The van der Waals surface area contributed by atoms with E-state index < -0.39 is 15.9 Å². The van der Waals surface area contributed by atoms with Crippen molar-refractivity contribution in [3.05, 3.63) is 92.7 Å². The summed E-state index contributed by atoms with van der Waals surface area (Å²) in [5.74, 6) is -0.429. The number of carbonyl (C=O) groups is 1. The molecule has 5 rings (SSSR count). The lowest BCUT2D eigenvalue weighted by atomic mass is 10.0.